The molecule has 14 heavy (non-hydrogen) atoms. The highest BCUT2D eigenvalue weighted by Gasteiger charge is 2.21. The van der Waals surface area contributed by atoms with Gasteiger partial charge in [-0.05, 0) is 12.3 Å². The van der Waals surface area contributed by atoms with Crippen LogP contribution in [-0.4, -0.2) is 10.1 Å². The van der Waals surface area contributed by atoms with Gasteiger partial charge in [-0.25, -0.2) is 0 Å². The molecule has 0 bridgehead atoms. The lowest BCUT2D eigenvalue weighted by molar-refractivity contribution is 0.373. The van der Waals surface area contributed by atoms with Gasteiger partial charge in [-0.15, -0.1) is 0 Å². The predicted molar refractivity (Wildman–Crippen MR) is 52.5 cm³/mol. The number of aromatic nitrogens is 2. The molecule has 4 nitrogen and oxygen atoms in total. The first-order valence-electron chi connectivity index (χ1n) is 5.31. The standard InChI is InChI=1S/C10H17N3O/c1-7-12-10(13-14-7)9(11)6-8-4-2-3-5-8/h8-9H,2-6,11H2,1H3. The van der Waals surface area contributed by atoms with Gasteiger partial charge in [0.1, 0.15) is 0 Å². The molecule has 2 rings (SSSR count). The highest BCUT2D eigenvalue weighted by atomic mass is 16.5. The van der Waals surface area contributed by atoms with Crippen LogP contribution in [0.4, 0.5) is 0 Å². The first-order valence-corrected chi connectivity index (χ1v) is 5.31. The fourth-order valence-corrected chi connectivity index (χ4v) is 2.18. The van der Waals surface area contributed by atoms with Crippen molar-refractivity contribution in [3.63, 3.8) is 0 Å². The molecule has 0 amide bonds. The van der Waals surface area contributed by atoms with Gasteiger partial charge in [-0.1, -0.05) is 30.8 Å². The Labute approximate surface area is 83.9 Å². The lowest BCUT2D eigenvalue weighted by atomic mass is 9.99. The molecule has 0 aromatic carbocycles. The number of nitrogens with two attached hydrogens (primary N) is 1. The molecule has 0 saturated heterocycles. The van der Waals surface area contributed by atoms with E-state index in [1.165, 1.54) is 25.7 Å². The van der Waals surface area contributed by atoms with Gasteiger partial charge in [-0.2, -0.15) is 4.98 Å². The molecule has 1 unspecified atom stereocenters. The van der Waals surface area contributed by atoms with Crippen molar-refractivity contribution in [1.29, 1.82) is 0 Å². The lowest BCUT2D eigenvalue weighted by Crippen LogP contribution is -2.15. The van der Waals surface area contributed by atoms with Gasteiger partial charge in [0.05, 0.1) is 6.04 Å². The van der Waals surface area contributed by atoms with E-state index in [2.05, 4.69) is 10.1 Å². The molecule has 1 aliphatic carbocycles. The second kappa shape index (κ2) is 4.09. The second-order valence-corrected chi connectivity index (χ2v) is 4.16. The van der Waals surface area contributed by atoms with Crippen LogP contribution in [0.15, 0.2) is 4.52 Å². The summed E-state index contributed by atoms with van der Waals surface area (Å²) in [5, 5.41) is 3.85. The molecule has 78 valence electrons. The summed E-state index contributed by atoms with van der Waals surface area (Å²) in [7, 11) is 0. The zero-order valence-corrected chi connectivity index (χ0v) is 8.57. The van der Waals surface area contributed by atoms with Crippen molar-refractivity contribution in [2.24, 2.45) is 11.7 Å². The van der Waals surface area contributed by atoms with Crippen molar-refractivity contribution in [1.82, 2.24) is 10.1 Å². The summed E-state index contributed by atoms with van der Waals surface area (Å²) in [5.74, 6) is 2.03. The molecule has 1 atom stereocenters. The normalized spacial score (nSPS) is 20.1. The number of hydrogen-bond donors (Lipinski definition) is 1. The second-order valence-electron chi connectivity index (χ2n) is 4.16. The Hall–Kier alpha value is -0.900. The van der Waals surface area contributed by atoms with E-state index in [4.69, 9.17) is 10.3 Å². The number of aryl methyl sites for hydroxylation is 1. The van der Waals surface area contributed by atoms with E-state index in [9.17, 15) is 0 Å². The highest BCUT2D eigenvalue weighted by molar-refractivity contribution is 4.92. The maximum atomic E-state index is 6.00. The average Bonchev–Trinajstić information content (AvgIpc) is 2.75. The minimum Gasteiger partial charge on any atom is -0.340 e. The fraction of sp³-hybridized carbons (Fsp3) is 0.800. The molecular formula is C10H17N3O. The van der Waals surface area contributed by atoms with Crippen molar-refractivity contribution in [2.45, 2.75) is 45.1 Å². The molecular weight excluding hydrogens is 178 g/mol. The van der Waals surface area contributed by atoms with Crippen LogP contribution in [-0.2, 0) is 0 Å². The topological polar surface area (TPSA) is 64.9 Å². The van der Waals surface area contributed by atoms with Crippen molar-refractivity contribution in [3.8, 4) is 0 Å². The predicted octanol–water partition coefficient (Wildman–Crippen LogP) is 1.96. The molecule has 2 N–H and O–H groups in total. The first kappa shape index (κ1) is 9.65. The van der Waals surface area contributed by atoms with Gasteiger partial charge in [-0.3, -0.25) is 0 Å². The van der Waals surface area contributed by atoms with Gasteiger partial charge in [0.2, 0.25) is 5.89 Å². The van der Waals surface area contributed by atoms with Crippen LogP contribution in [0.1, 0.15) is 49.9 Å². The van der Waals surface area contributed by atoms with E-state index in [0.29, 0.717) is 11.7 Å². The van der Waals surface area contributed by atoms with Gasteiger partial charge >= 0.3 is 0 Å². The maximum absolute atomic E-state index is 6.00. The van der Waals surface area contributed by atoms with Gasteiger partial charge < -0.3 is 10.3 Å². The van der Waals surface area contributed by atoms with Crippen LogP contribution in [0.5, 0.6) is 0 Å². The third kappa shape index (κ3) is 2.12. The minimum absolute atomic E-state index is 0.0458. The summed E-state index contributed by atoms with van der Waals surface area (Å²) in [6.45, 7) is 1.79. The highest BCUT2D eigenvalue weighted by Crippen LogP contribution is 2.31. The fourth-order valence-electron chi connectivity index (χ4n) is 2.18. The Kier molecular flexibility index (Phi) is 2.82. The third-order valence-electron chi connectivity index (χ3n) is 2.94. The Morgan fingerprint density at radius 2 is 2.21 bits per heavy atom. The molecule has 1 aliphatic rings. The van der Waals surface area contributed by atoms with Crippen LogP contribution in [0.3, 0.4) is 0 Å². The van der Waals surface area contributed by atoms with E-state index < -0.39 is 0 Å². The van der Waals surface area contributed by atoms with E-state index in [-0.39, 0.29) is 6.04 Å². The van der Waals surface area contributed by atoms with Crippen molar-refractivity contribution in [2.75, 3.05) is 0 Å². The van der Waals surface area contributed by atoms with Crippen LogP contribution in [0.25, 0.3) is 0 Å². The maximum Gasteiger partial charge on any atom is 0.223 e. The largest absolute Gasteiger partial charge is 0.340 e. The Morgan fingerprint density at radius 3 is 2.79 bits per heavy atom. The molecule has 1 fully saturated rings. The Balaban J connectivity index is 1.91. The smallest absolute Gasteiger partial charge is 0.223 e. The van der Waals surface area contributed by atoms with Crippen LogP contribution in [0.2, 0.25) is 0 Å². The molecule has 1 aromatic rings. The zero-order chi connectivity index (χ0) is 9.97. The van der Waals surface area contributed by atoms with Gasteiger partial charge in [0, 0.05) is 6.92 Å². The summed E-state index contributed by atoms with van der Waals surface area (Å²) < 4.78 is 4.91. The van der Waals surface area contributed by atoms with Crippen molar-refractivity contribution >= 4 is 0 Å². The zero-order valence-electron chi connectivity index (χ0n) is 8.57. The van der Waals surface area contributed by atoms with Crippen LogP contribution >= 0.6 is 0 Å². The number of nitrogens with zero attached hydrogens (tertiary/aromatic N) is 2. The van der Waals surface area contributed by atoms with Crippen LogP contribution < -0.4 is 5.73 Å². The molecule has 1 aromatic heterocycles. The number of hydrogen-bond acceptors (Lipinski definition) is 4. The molecule has 4 heteroatoms. The summed E-state index contributed by atoms with van der Waals surface area (Å²) in [4.78, 5) is 4.15. The quantitative estimate of drug-likeness (QED) is 0.800. The Morgan fingerprint density at radius 1 is 1.50 bits per heavy atom. The molecule has 1 saturated carbocycles. The summed E-state index contributed by atoms with van der Waals surface area (Å²) in [6.07, 6.45) is 6.32. The monoisotopic (exact) mass is 195 g/mol. The van der Waals surface area contributed by atoms with Crippen molar-refractivity contribution in [3.05, 3.63) is 11.7 Å². The lowest BCUT2D eigenvalue weighted by Gasteiger charge is -2.12. The van der Waals surface area contributed by atoms with E-state index in [1.807, 2.05) is 0 Å². The van der Waals surface area contributed by atoms with Gasteiger partial charge in [0.15, 0.2) is 5.82 Å². The Bertz CT molecular complexity index is 291. The summed E-state index contributed by atoms with van der Waals surface area (Å²) in [6, 6.07) is -0.0458. The first-order chi connectivity index (χ1) is 6.75. The van der Waals surface area contributed by atoms with Crippen LogP contribution in [0, 0.1) is 12.8 Å². The van der Waals surface area contributed by atoms with Gasteiger partial charge in [0.25, 0.3) is 0 Å². The molecule has 0 radical (unpaired) electrons. The summed E-state index contributed by atoms with van der Waals surface area (Å²) in [5.41, 5.74) is 6.00. The van der Waals surface area contributed by atoms with E-state index in [1.54, 1.807) is 6.92 Å². The molecule has 1 heterocycles. The molecule has 0 spiro atoms. The average molecular weight is 195 g/mol. The third-order valence-corrected chi connectivity index (χ3v) is 2.94. The minimum atomic E-state index is -0.0458. The summed E-state index contributed by atoms with van der Waals surface area (Å²) >= 11 is 0. The van der Waals surface area contributed by atoms with Crippen molar-refractivity contribution < 1.29 is 4.52 Å². The van der Waals surface area contributed by atoms with E-state index >= 15 is 0 Å². The molecule has 0 aliphatic heterocycles. The number of rotatable bonds is 3. The van der Waals surface area contributed by atoms with E-state index in [0.717, 1.165) is 12.3 Å². The SMILES string of the molecule is Cc1nc(C(N)CC2CCCC2)no1.